The Morgan fingerprint density at radius 1 is 0.920 bits per heavy atom. The second kappa shape index (κ2) is 9.33. The Morgan fingerprint density at radius 2 is 1.48 bits per heavy atom. The van der Waals surface area contributed by atoms with Gasteiger partial charge >= 0.3 is 17.9 Å². The van der Waals surface area contributed by atoms with E-state index in [9.17, 15) is 19.2 Å². The van der Waals surface area contributed by atoms with Gasteiger partial charge in [-0.3, -0.25) is 19.2 Å². The van der Waals surface area contributed by atoms with Crippen molar-refractivity contribution in [2.24, 2.45) is 0 Å². The Labute approximate surface area is 145 Å². The molecule has 1 unspecified atom stereocenters. The highest BCUT2D eigenvalue weighted by atomic mass is 16.7. The maximum Gasteiger partial charge on any atom is 0.303 e. The first-order valence-electron chi connectivity index (χ1n) is 7.58. The Bertz CT molecular complexity index is 521. The zero-order chi connectivity index (χ0) is 19.1. The van der Waals surface area contributed by atoms with E-state index in [-0.39, 0.29) is 6.61 Å². The van der Waals surface area contributed by atoms with Crippen LogP contribution in [0.25, 0.3) is 0 Å². The molecule has 0 aromatic carbocycles. The minimum absolute atomic E-state index is 0.252. The van der Waals surface area contributed by atoms with Crippen LogP contribution in [0, 0.1) is 0 Å². The van der Waals surface area contributed by atoms with E-state index in [1.54, 1.807) is 0 Å². The highest BCUT2D eigenvalue weighted by molar-refractivity contribution is 5.73. The van der Waals surface area contributed by atoms with Gasteiger partial charge in [0.2, 0.25) is 5.91 Å². The minimum Gasteiger partial charge on any atom is -0.463 e. The average molecular weight is 361 g/mol. The molecule has 142 valence electrons. The van der Waals surface area contributed by atoms with Crippen molar-refractivity contribution in [3.8, 4) is 0 Å². The molecule has 1 aliphatic rings. The predicted molar refractivity (Wildman–Crippen MR) is 81.0 cm³/mol. The summed E-state index contributed by atoms with van der Waals surface area (Å²) in [6.07, 6.45) is -4.17. The second-order valence-electron chi connectivity index (χ2n) is 5.46. The van der Waals surface area contributed by atoms with Gasteiger partial charge in [0.05, 0.1) is 0 Å². The van der Waals surface area contributed by atoms with Crippen molar-refractivity contribution in [1.29, 1.82) is 0 Å². The van der Waals surface area contributed by atoms with E-state index in [0.717, 1.165) is 0 Å². The molecule has 0 aromatic rings. The SMILES string of the molecule is COC1O[C@H](COC(C)=O)[C@@H](OC(C)=O)[C@H](OC(C)=O)[C@H]1NC(C)=O. The van der Waals surface area contributed by atoms with Gasteiger partial charge in [-0.15, -0.1) is 0 Å². The third-order valence-corrected chi connectivity index (χ3v) is 3.30. The zero-order valence-electron chi connectivity index (χ0n) is 14.8. The molecule has 1 amide bonds. The first-order chi connectivity index (χ1) is 11.6. The van der Waals surface area contributed by atoms with Gasteiger partial charge in [-0.25, -0.2) is 0 Å². The van der Waals surface area contributed by atoms with Crippen molar-refractivity contribution < 1.29 is 42.9 Å². The van der Waals surface area contributed by atoms with Crippen LogP contribution < -0.4 is 5.32 Å². The minimum atomic E-state index is -1.11. The van der Waals surface area contributed by atoms with Gasteiger partial charge in [-0.1, -0.05) is 0 Å². The number of amides is 1. The molecular formula is C15H23NO9. The van der Waals surface area contributed by atoms with Gasteiger partial charge < -0.3 is 29.0 Å². The number of hydrogen-bond donors (Lipinski definition) is 1. The van der Waals surface area contributed by atoms with Crippen molar-refractivity contribution in [1.82, 2.24) is 5.32 Å². The van der Waals surface area contributed by atoms with Gasteiger partial charge in [0, 0.05) is 34.8 Å². The maximum absolute atomic E-state index is 11.5. The molecule has 25 heavy (non-hydrogen) atoms. The molecule has 0 spiro atoms. The summed E-state index contributed by atoms with van der Waals surface area (Å²) in [7, 11) is 1.33. The van der Waals surface area contributed by atoms with E-state index in [4.69, 9.17) is 23.7 Å². The van der Waals surface area contributed by atoms with Crippen LogP contribution in [-0.2, 0) is 42.9 Å². The number of methoxy groups -OCH3 is 1. The fourth-order valence-corrected chi connectivity index (χ4v) is 2.49. The molecule has 5 atom stereocenters. The number of carbonyl (C=O) groups excluding carboxylic acids is 4. The predicted octanol–water partition coefficient (Wildman–Crippen LogP) is -0.711. The Hall–Kier alpha value is -2.20. The molecule has 1 N–H and O–H groups in total. The van der Waals surface area contributed by atoms with Gasteiger partial charge in [0.25, 0.3) is 0 Å². The van der Waals surface area contributed by atoms with E-state index in [1.807, 2.05) is 0 Å². The lowest BCUT2D eigenvalue weighted by Gasteiger charge is -2.44. The smallest absolute Gasteiger partial charge is 0.303 e. The number of esters is 3. The fraction of sp³-hybridized carbons (Fsp3) is 0.733. The van der Waals surface area contributed by atoms with E-state index in [2.05, 4.69) is 5.32 Å². The van der Waals surface area contributed by atoms with Crippen LogP contribution in [0.2, 0.25) is 0 Å². The lowest BCUT2D eigenvalue weighted by atomic mass is 9.96. The van der Waals surface area contributed by atoms with Crippen molar-refractivity contribution in [3.63, 3.8) is 0 Å². The van der Waals surface area contributed by atoms with Crippen molar-refractivity contribution in [2.75, 3.05) is 13.7 Å². The normalized spacial score (nSPS) is 28.6. The van der Waals surface area contributed by atoms with E-state index < -0.39 is 54.5 Å². The summed E-state index contributed by atoms with van der Waals surface area (Å²) in [5.41, 5.74) is 0. The molecule has 0 aromatic heterocycles. The van der Waals surface area contributed by atoms with Crippen LogP contribution in [0.5, 0.6) is 0 Å². The molecule has 0 radical (unpaired) electrons. The van der Waals surface area contributed by atoms with Crippen LogP contribution in [0.15, 0.2) is 0 Å². The molecule has 1 saturated heterocycles. The summed E-state index contributed by atoms with van der Waals surface area (Å²) >= 11 is 0. The summed E-state index contributed by atoms with van der Waals surface area (Å²) in [6, 6.07) is -0.927. The Morgan fingerprint density at radius 3 is 1.92 bits per heavy atom. The summed E-state index contributed by atoms with van der Waals surface area (Å²) < 4.78 is 26.2. The number of hydrogen-bond acceptors (Lipinski definition) is 9. The lowest BCUT2D eigenvalue weighted by Crippen LogP contribution is -2.66. The Kier molecular flexibility index (Phi) is 7.78. The largest absolute Gasteiger partial charge is 0.463 e. The molecule has 1 aliphatic heterocycles. The van der Waals surface area contributed by atoms with Crippen LogP contribution in [0.1, 0.15) is 27.7 Å². The number of ether oxygens (including phenoxy) is 5. The van der Waals surface area contributed by atoms with Crippen molar-refractivity contribution in [3.05, 3.63) is 0 Å². The molecule has 0 bridgehead atoms. The molecule has 1 heterocycles. The first-order valence-corrected chi connectivity index (χ1v) is 7.58. The average Bonchev–Trinajstić information content (AvgIpc) is 2.48. The molecule has 10 heteroatoms. The molecule has 0 saturated carbocycles. The maximum atomic E-state index is 11.5. The van der Waals surface area contributed by atoms with Gasteiger partial charge in [-0.05, 0) is 0 Å². The Balaban J connectivity index is 3.18. The fourth-order valence-electron chi connectivity index (χ4n) is 2.49. The zero-order valence-corrected chi connectivity index (χ0v) is 14.8. The number of nitrogens with one attached hydrogen (secondary N) is 1. The van der Waals surface area contributed by atoms with Crippen LogP contribution in [0.3, 0.4) is 0 Å². The van der Waals surface area contributed by atoms with Crippen LogP contribution in [0.4, 0.5) is 0 Å². The van der Waals surface area contributed by atoms with E-state index in [0.29, 0.717) is 0 Å². The summed E-state index contributed by atoms with van der Waals surface area (Å²) in [4.78, 5) is 45.5. The second-order valence-corrected chi connectivity index (χ2v) is 5.46. The first kappa shape index (κ1) is 20.8. The summed E-state index contributed by atoms with van der Waals surface area (Å²) in [6.45, 7) is 4.57. The van der Waals surface area contributed by atoms with Crippen molar-refractivity contribution in [2.45, 2.75) is 58.3 Å². The quantitative estimate of drug-likeness (QED) is 0.482. The van der Waals surface area contributed by atoms with E-state index in [1.165, 1.54) is 34.8 Å². The topological polar surface area (TPSA) is 126 Å². The number of carbonyl (C=O) groups is 4. The van der Waals surface area contributed by atoms with Gasteiger partial charge in [0.1, 0.15) is 18.8 Å². The third-order valence-electron chi connectivity index (χ3n) is 3.30. The molecular weight excluding hydrogens is 338 g/mol. The monoisotopic (exact) mass is 361 g/mol. The van der Waals surface area contributed by atoms with Gasteiger partial charge in [0.15, 0.2) is 18.5 Å². The third kappa shape index (κ3) is 6.31. The summed E-state index contributed by atoms with van der Waals surface area (Å²) in [5, 5.41) is 2.56. The molecule has 0 aliphatic carbocycles. The van der Waals surface area contributed by atoms with Crippen LogP contribution in [-0.4, -0.2) is 68.2 Å². The van der Waals surface area contributed by atoms with E-state index >= 15 is 0 Å². The number of rotatable bonds is 6. The molecule has 10 nitrogen and oxygen atoms in total. The van der Waals surface area contributed by atoms with Gasteiger partial charge in [-0.2, -0.15) is 0 Å². The highest BCUT2D eigenvalue weighted by Crippen LogP contribution is 2.27. The highest BCUT2D eigenvalue weighted by Gasteiger charge is 2.50. The lowest BCUT2D eigenvalue weighted by molar-refractivity contribution is -0.271. The standard InChI is InChI=1S/C15H23NO9/c1-7(17)16-12-14(24-10(4)20)13(23-9(3)19)11(6-22-8(2)18)25-15(12)21-5/h11-15H,6H2,1-5H3,(H,16,17)/t11-,12-,13-,14-,15?/m1/s1. The van der Waals surface area contributed by atoms with Crippen LogP contribution >= 0.6 is 0 Å². The molecule has 1 rings (SSSR count). The van der Waals surface area contributed by atoms with Crippen molar-refractivity contribution >= 4 is 23.8 Å². The summed E-state index contributed by atoms with van der Waals surface area (Å²) in [5.74, 6) is -2.29. The molecule has 1 fully saturated rings.